The fraction of sp³-hybridized carbons (Fsp3) is 0.526. The Morgan fingerprint density at radius 2 is 1.93 bits per heavy atom. The van der Waals surface area contributed by atoms with Crippen LogP contribution in [0.5, 0.6) is 5.75 Å². The van der Waals surface area contributed by atoms with Gasteiger partial charge in [0.1, 0.15) is 5.75 Å². The maximum absolute atomic E-state index is 12.0. The molecule has 0 spiro atoms. The Bertz CT molecular complexity index is 689. The summed E-state index contributed by atoms with van der Waals surface area (Å²) >= 11 is 5.99. The standard InChI is InChI=1S/C19H25ClN2O5/c1-12-8-9-15(20)16(10-12)26-11-17(23)27-13(2)18(24)22-19(25)21-14-6-4-3-5-7-14/h8-10,13-14H,3-7,11H2,1-2H3,(H2,21,22,24,25)/t13-/m0/s1. The van der Waals surface area contributed by atoms with Gasteiger partial charge in [-0.3, -0.25) is 10.1 Å². The van der Waals surface area contributed by atoms with Crippen molar-refractivity contribution in [2.24, 2.45) is 0 Å². The third-order valence-electron chi connectivity index (χ3n) is 4.29. The lowest BCUT2D eigenvalue weighted by Gasteiger charge is -2.23. The fourth-order valence-corrected chi connectivity index (χ4v) is 3.00. The van der Waals surface area contributed by atoms with Gasteiger partial charge in [-0.1, -0.05) is 36.9 Å². The van der Waals surface area contributed by atoms with E-state index in [0.29, 0.717) is 10.8 Å². The summed E-state index contributed by atoms with van der Waals surface area (Å²) in [5.74, 6) is -1.06. The summed E-state index contributed by atoms with van der Waals surface area (Å²) in [6.45, 7) is 2.86. The van der Waals surface area contributed by atoms with Crippen LogP contribution < -0.4 is 15.4 Å². The molecule has 0 heterocycles. The molecule has 0 radical (unpaired) electrons. The molecule has 8 heteroatoms. The molecule has 2 rings (SSSR count). The first kappa shape index (κ1) is 21.0. The molecule has 1 aromatic rings. The van der Waals surface area contributed by atoms with Crippen molar-refractivity contribution in [2.75, 3.05) is 6.61 Å². The Morgan fingerprint density at radius 1 is 1.22 bits per heavy atom. The molecule has 148 valence electrons. The van der Waals surface area contributed by atoms with Crippen LogP contribution in [0.15, 0.2) is 18.2 Å². The van der Waals surface area contributed by atoms with Crippen molar-refractivity contribution in [1.29, 1.82) is 0 Å². The zero-order valence-corrected chi connectivity index (χ0v) is 16.3. The average molecular weight is 397 g/mol. The molecule has 1 aliphatic carbocycles. The average Bonchev–Trinajstić information content (AvgIpc) is 2.63. The minimum atomic E-state index is -1.12. The SMILES string of the molecule is Cc1ccc(Cl)c(OCC(=O)O[C@@H](C)C(=O)NC(=O)NC2CCCCC2)c1. The van der Waals surface area contributed by atoms with Gasteiger partial charge in [0.15, 0.2) is 12.7 Å². The number of ether oxygens (including phenoxy) is 2. The minimum Gasteiger partial charge on any atom is -0.480 e. The lowest BCUT2D eigenvalue weighted by molar-refractivity contribution is -0.156. The van der Waals surface area contributed by atoms with Gasteiger partial charge >= 0.3 is 12.0 Å². The zero-order valence-electron chi connectivity index (χ0n) is 15.5. The molecule has 0 aliphatic heterocycles. The Labute approximate surface area is 163 Å². The highest BCUT2D eigenvalue weighted by molar-refractivity contribution is 6.32. The molecular weight excluding hydrogens is 372 g/mol. The van der Waals surface area contributed by atoms with E-state index in [4.69, 9.17) is 21.1 Å². The maximum Gasteiger partial charge on any atom is 0.344 e. The van der Waals surface area contributed by atoms with Crippen molar-refractivity contribution >= 4 is 29.5 Å². The van der Waals surface area contributed by atoms with Crippen LogP contribution in [-0.4, -0.2) is 36.7 Å². The number of carbonyl (C=O) groups is 3. The van der Waals surface area contributed by atoms with Crippen LogP contribution in [0, 0.1) is 6.92 Å². The summed E-state index contributed by atoms with van der Waals surface area (Å²) in [6, 6.07) is 4.69. The highest BCUT2D eigenvalue weighted by Gasteiger charge is 2.22. The number of rotatable bonds is 6. The van der Waals surface area contributed by atoms with Gasteiger partial charge in [-0.05, 0) is 44.4 Å². The van der Waals surface area contributed by atoms with Crippen LogP contribution in [0.25, 0.3) is 0 Å². The molecule has 2 N–H and O–H groups in total. The third kappa shape index (κ3) is 7.09. The lowest BCUT2D eigenvalue weighted by atomic mass is 9.96. The van der Waals surface area contributed by atoms with Gasteiger partial charge < -0.3 is 14.8 Å². The molecule has 1 saturated carbocycles. The molecule has 0 aromatic heterocycles. The van der Waals surface area contributed by atoms with E-state index in [2.05, 4.69) is 10.6 Å². The van der Waals surface area contributed by atoms with E-state index in [1.54, 1.807) is 12.1 Å². The Kier molecular flexibility index (Phi) is 7.91. The number of nitrogens with one attached hydrogen (secondary N) is 2. The minimum absolute atomic E-state index is 0.0804. The summed E-state index contributed by atoms with van der Waals surface area (Å²) in [5, 5.41) is 5.33. The predicted molar refractivity (Wildman–Crippen MR) is 101 cm³/mol. The van der Waals surface area contributed by atoms with Gasteiger partial charge in [0.2, 0.25) is 0 Å². The predicted octanol–water partition coefficient (Wildman–Crippen LogP) is 3.12. The third-order valence-corrected chi connectivity index (χ3v) is 4.60. The monoisotopic (exact) mass is 396 g/mol. The van der Waals surface area contributed by atoms with Crippen LogP contribution >= 0.6 is 11.6 Å². The van der Waals surface area contributed by atoms with Crippen LogP contribution in [-0.2, 0) is 14.3 Å². The second-order valence-corrected chi connectivity index (χ2v) is 7.06. The fourth-order valence-electron chi connectivity index (χ4n) is 2.82. The number of benzene rings is 1. The van der Waals surface area contributed by atoms with Crippen LogP contribution in [0.4, 0.5) is 4.79 Å². The highest BCUT2D eigenvalue weighted by atomic mass is 35.5. The number of urea groups is 1. The van der Waals surface area contributed by atoms with Crippen molar-refractivity contribution in [3.8, 4) is 5.75 Å². The van der Waals surface area contributed by atoms with Gasteiger partial charge in [0.25, 0.3) is 5.91 Å². The van der Waals surface area contributed by atoms with Crippen LogP contribution in [0.2, 0.25) is 5.02 Å². The molecule has 1 aliphatic rings. The summed E-state index contributed by atoms with van der Waals surface area (Å²) in [6.07, 6.45) is 4.00. The molecule has 0 bridgehead atoms. The Hall–Kier alpha value is -2.28. The van der Waals surface area contributed by atoms with Crippen LogP contribution in [0.1, 0.15) is 44.6 Å². The van der Waals surface area contributed by atoms with E-state index < -0.39 is 30.6 Å². The van der Waals surface area contributed by atoms with Gasteiger partial charge in [-0.25, -0.2) is 9.59 Å². The highest BCUT2D eigenvalue weighted by Crippen LogP contribution is 2.25. The van der Waals surface area contributed by atoms with Crippen LogP contribution in [0.3, 0.4) is 0 Å². The van der Waals surface area contributed by atoms with Crippen molar-refractivity contribution in [3.05, 3.63) is 28.8 Å². The van der Waals surface area contributed by atoms with E-state index in [1.807, 2.05) is 13.0 Å². The van der Waals surface area contributed by atoms with E-state index in [-0.39, 0.29) is 6.04 Å². The molecule has 27 heavy (non-hydrogen) atoms. The second-order valence-electron chi connectivity index (χ2n) is 6.65. The number of hydrogen-bond acceptors (Lipinski definition) is 5. The Morgan fingerprint density at radius 3 is 2.63 bits per heavy atom. The first-order valence-corrected chi connectivity index (χ1v) is 9.42. The summed E-state index contributed by atoms with van der Waals surface area (Å²) in [4.78, 5) is 35.7. The molecule has 3 amide bonds. The number of imide groups is 1. The largest absolute Gasteiger partial charge is 0.480 e. The van der Waals surface area contributed by atoms with E-state index in [1.165, 1.54) is 13.3 Å². The van der Waals surface area contributed by atoms with Crippen molar-refractivity contribution in [2.45, 2.75) is 58.1 Å². The Balaban J connectivity index is 1.73. The van der Waals surface area contributed by atoms with E-state index >= 15 is 0 Å². The maximum atomic E-state index is 12.0. The molecule has 1 atom stereocenters. The number of esters is 1. The molecule has 7 nitrogen and oxygen atoms in total. The molecule has 0 saturated heterocycles. The lowest BCUT2D eigenvalue weighted by Crippen LogP contribution is -2.48. The van der Waals surface area contributed by atoms with Crippen molar-refractivity contribution in [3.63, 3.8) is 0 Å². The van der Waals surface area contributed by atoms with Crippen molar-refractivity contribution in [1.82, 2.24) is 10.6 Å². The quantitative estimate of drug-likeness (QED) is 0.720. The normalized spacial score (nSPS) is 15.5. The van der Waals surface area contributed by atoms with E-state index in [0.717, 1.165) is 31.2 Å². The first-order chi connectivity index (χ1) is 12.8. The van der Waals surface area contributed by atoms with Gasteiger partial charge in [0, 0.05) is 6.04 Å². The van der Waals surface area contributed by atoms with E-state index in [9.17, 15) is 14.4 Å². The number of carbonyl (C=O) groups excluding carboxylic acids is 3. The zero-order chi connectivity index (χ0) is 19.8. The second kappa shape index (κ2) is 10.2. The van der Waals surface area contributed by atoms with Gasteiger partial charge in [-0.15, -0.1) is 0 Å². The molecule has 1 fully saturated rings. The smallest absolute Gasteiger partial charge is 0.344 e. The number of aryl methyl sites for hydroxylation is 1. The summed E-state index contributed by atoms with van der Waals surface area (Å²) in [7, 11) is 0. The first-order valence-electron chi connectivity index (χ1n) is 9.05. The number of amides is 3. The molecule has 1 aromatic carbocycles. The topological polar surface area (TPSA) is 93.7 Å². The van der Waals surface area contributed by atoms with Gasteiger partial charge in [-0.2, -0.15) is 0 Å². The molecular formula is C19H25ClN2O5. The van der Waals surface area contributed by atoms with Gasteiger partial charge in [0.05, 0.1) is 5.02 Å². The number of hydrogen-bond donors (Lipinski definition) is 2. The summed E-state index contributed by atoms with van der Waals surface area (Å²) in [5.41, 5.74) is 0.930. The van der Waals surface area contributed by atoms with Crippen molar-refractivity contribution < 1.29 is 23.9 Å². The summed E-state index contributed by atoms with van der Waals surface area (Å²) < 4.78 is 10.3. The number of halogens is 1. The molecule has 0 unspecified atom stereocenters.